The van der Waals surface area contributed by atoms with Crippen molar-refractivity contribution in [1.29, 1.82) is 0 Å². The molecule has 1 aromatic heterocycles. The second-order valence-electron chi connectivity index (χ2n) is 8.48. The van der Waals surface area contributed by atoms with Crippen LogP contribution in [0.15, 0.2) is 77.8 Å². The second kappa shape index (κ2) is 12.3. The lowest BCUT2D eigenvalue weighted by Crippen LogP contribution is -2.30. The molecule has 0 unspecified atom stereocenters. The number of carbonyl (C=O) groups is 1. The molecule has 0 fully saturated rings. The number of halogens is 2. The van der Waals surface area contributed by atoms with E-state index in [1.807, 2.05) is 24.3 Å². The summed E-state index contributed by atoms with van der Waals surface area (Å²) < 4.78 is 33.5. The van der Waals surface area contributed by atoms with E-state index in [4.69, 9.17) is 27.9 Å². The minimum absolute atomic E-state index is 0.0827. The fourth-order valence-electron chi connectivity index (χ4n) is 3.69. The van der Waals surface area contributed by atoms with Crippen LogP contribution in [0.4, 0.5) is 11.4 Å². The molecule has 1 amide bonds. The lowest BCUT2D eigenvalue weighted by atomic mass is 10.2. The van der Waals surface area contributed by atoms with E-state index >= 15 is 0 Å². The van der Waals surface area contributed by atoms with Gasteiger partial charge in [-0.1, -0.05) is 23.2 Å². The number of fused-ring (bicyclic) bond motifs is 1. The Bertz CT molecular complexity index is 1550. The van der Waals surface area contributed by atoms with Crippen LogP contribution in [0.25, 0.3) is 10.9 Å². The zero-order valence-corrected chi connectivity index (χ0v) is 22.8. The van der Waals surface area contributed by atoms with Gasteiger partial charge in [0.25, 0.3) is 15.9 Å². The third-order valence-corrected chi connectivity index (χ3v) is 7.47. The van der Waals surface area contributed by atoms with Gasteiger partial charge in [0.2, 0.25) is 0 Å². The quantitative estimate of drug-likeness (QED) is 0.200. The van der Waals surface area contributed by atoms with Gasteiger partial charge in [0.1, 0.15) is 5.75 Å². The molecule has 0 bridgehead atoms. The topological polar surface area (TPSA) is 109 Å². The van der Waals surface area contributed by atoms with E-state index in [0.717, 1.165) is 16.6 Å². The fourth-order valence-corrected chi connectivity index (χ4v) is 5.13. The number of nitrogens with zero attached hydrogens (tertiary/aromatic N) is 1. The summed E-state index contributed by atoms with van der Waals surface area (Å²) in [6.45, 7) is 2.66. The van der Waals surface area contributed by atoms with E-state index in [9.17, 15) is 13.2 Å². The fraction of sp³-hybridized carbons (Fsp3) is 0.185. The lowest BCUT2D eigenvalue weighted by Gasteiger charge is -2.13. The monoisotopic (exact) mass is 572 g/mol. The molecule has 0 spiro atoms. The van der Waals surface area contributed by atoms with Crippen molar-refractivity contribution in [2.45, 2.75) is 18.2 Å². The summed E-state index contributed by atoms with van der Waals surface area (Å²) in [6.07, 6.45) is 2.43. The molecule has 198 valence electrons. The molecule has 11 heteroatoms. The molecule has 1 heterocycles. The summed E-state index contributed by atoms with van der Waals surface area (Å²) in [7, 11) is -3.79. The van der Waals surface area contributed by atoms with E-state index < -0.39 is 10.0 Å². The number of aromatic nitrogens is 1. The van der Waals surface area contributed by atoms with Crippen LogP contribution in [0, 0.1) is 6.92 Å². The Morgan fingerprint density at radius 2 is 1.71 bits per heavy atom. The molecule has 0 saturated carbocycles. The first kappa shape index (κ1) is 27.5. The molecule has 0 saturated heterocycles. The normalized spacial score (nSPS) is 11.2. The van der Waals surface area contributed by atoms with Gasteiger partial charge >= 0.3 is 0 Å². The minimum Gasteiger partial charge on any atom is -0.484 e. The van der Waals surface area contributed by atoms with Crippen LogP contribution < -0.4 is 20.1 Å². The van der Waals surface area contributed by atoms with Crippen LogP contribution in [-0.4, -0.2) is 39.0 Å². The number of sulfonamides is 1. The number of hydrogen-bond acceptors (Lipinski definition) is 6. The van der Waals surface area contributed by atoms with Gasteiger partial charge in [0, 0.05) is 46.1 Å². The van der Waals surface area contributed by atoms with Crippen LogP contribution in [0.5, 0.6) is 5.75 Å². The molecular weight excluding hydrogens is 547 g/mol. The molecule has 4 aromatic rings. The van der Waals surface area contributed by atoms with E-state index in [1.165, 1.54) is 18.2 Å². The van der Waals surface area contributed by atoms with Gasteiger partial charge < -0.3 is 15.4 Å². The van der Waals surface area contributed by atoms with Gasteiger partial charge in [-0.15, -0.1) is 0 Å². The number of amides is 1. The standard InChI is InChI=1S/C27H26Cl2N4O4S/c1-18-15-22(38(35,36)33-21-6-3-19(28)4-7-21)8-10-26(18)37-17-27(34)32-13-2-12-30-24-11-14-31-25-16-20(29)5-9-23(24)25/h3-11,14-16,33H,2,12-13,17H2,1H3,(H,30,31)(H,32,34). The first-order valence-electron chi connectivity index (χ1n) is 11.8. The molecule has 0 radical (unpaired) electrons. The van der Waals surface area contributed by atoms with Gasteiger partial charge in [-0.25, -0.2) is 8.42 Å². The molecule has 38 heavy (non-hydrogen) atoms. The third kappa shape index (κ3) is 7.28. The highest BCUT2D eigenvalue weighted by Gasteiger charge is 2.16. The summed E-state index contributed by atoms with van der Waals surface area (Å²) in [5, 5.41) is 8.30. The molecule has 0 aliphatic rings. The van der Waals surface area contributed by atoms with E-state index in [1.54, 1.807) is 37.4 Å². The van der Waals surface area contributed by atoms with Crippen molar-refractivity contribution in [3.63, 3.8) is 0 Å². The number of rotatable bonds is 11. The smallest absolute Gasteiger partial charge is 0.261 e. The van der Waals surface area contributed by atoms with E-state index in [2.05, 4.69) is 20.3 Å². The summed E-state index contributed by atoms with van der Waals surface area (Å²) in [6, 6.07) is 18.3. The predicted molar refractivity (Wildman–Crippen MR) is 152 cm³/mol. The van der Waals surface area contributed by atoms with Crippen molar-refractivity contribution < 1.29 is 17.9 Å². The van der Waals surface area contributed by atoms with Crippen molar-refractivity contribution >= 4 is 61.4 Å². The second-order valence-corrected chi connectivity index (χ2v) is 11.0. The first-order chi connectivity index (χ1) is 18.2. The van der Waals surface area contributed by atoms with Crippen molar-refractivity contribution in [2.24, 2.45) is 0 Å². The van der Waals surface area contributed by atoms with Crippen LogP contribution in [0.1, 0.15) is 12.0 Å². The van der Waals surface area contributed by atoms with Crippen molar-refractivity contribution in [3.8, 4) is 5.75 Å². The summed E-state index contributed by atoms with van der Waals surface area (Å²) in [4.78, 5) is 16.6. The number of pyridine rings is 1. The van der Waals surface area contributed by atoms with Gasteiger partial charge in [-0.3, -0.25) is 14.5 Å². The Morgan fingerprint density at radius 1 is 0.947 bits per heavy atom. The van der Waals surface area contributed by atoms with E-state index in [0.29, 0.717) is 46.6 Å². The zero-order valence-electron chi connectivity index (χ0n) is 20.5. The van der Waals surface area contributed by atoms with Crippen molar-refractivity contribution in [2.75, 3.05) is 29.7 Å². The molecule has 8 nitrogen and oxygen atoms in total. The number of hydrogen-bond donors (Lipinski definition) is 3. The highest BCUT2D eigenvalue weighted by molar-refractivity contribution is 7.92. The number of anilines is 2. The SMILES string of the molecule is Cc1cc(S(=O)(=O)Nc2ccc(Cl)cc2)ccc1OCC(=O)NCCCNc1ccnc2cc(Cl)ccc12. The number of nitrogens with one attached hydrogen (secondary N) is 3. The molecule has 0 atom stereocenters. The molecule has 0 aliphatic heterocycles. The molecule has 4 rings (SSSR count). The minimum atomic E-state index is -3.79. The predicted octanol–water partition coefficient (Wildman–Crippen LogP) is 5.65. The maximum atomic E-state index is 12.7. The number of ether oxygens (including phenoxy) is 1. The number of benzene rings is 3. The van der Waals surface area contributed by atoms with Gasteiger partial charge in [-0.05, 0) is 85.6 Å². The van der Waals surface area contributed by atoms with E-state index in [-0.39, 0.29) is 17.4 Å². The highest BCUT2D eigenvalue weighted by Crippen LogP contribution is 2.25. The molecule has 3 aromatic carbocycles. The van der Waals surface area contributed by atoms with Gasteiger partial charge in [-0.2, -0.15) is 0 Å². The maximum absolute atomic E-state index is 12.7. The van der Waals surface area contributed by atoms with Crippen LogP contribution in [-0.2, 0) is 14.8 Å². The number of carbonyl (C=O) groups excluding carboxylic acids is 1. The van der Waals surface area contributed by atoms with Gasteiger partial charge in [0.15, 0.2) is 6.61 Å². The Balaban J connectivity index is 1.22. The molecular formula is C27H26Cl2N4O4S. The van der Waals surface area contributed by atoms with Crippen LogP contribution in [0.2, 0.25) is 10.0 Å². The van der Waals surface area contributed by atoms with Crippen molar-refractivity contribution in [3.05, 3.63) is 88.5 Å². The Hall–Kier alpha value is -3.53. The van der Waals surface area contributed by atoms with Crippen LogP contribution in [0.3, 0.4) is 0 Å². The summed E-state index contributed by atoms with van der Waals surface area (Å²) in [5.41, 5.74) is 2.75. The molecule has 3 N–H and O–H groups in total. The lowest BCUT2D eigenvalue weighted by molar-refractivity contribution is -0.123. The molecule has 0 aliphatic carbocycles. The summed E-state index contributed by atoms with van der Waals surface area (Å²) >= 11 is 11.9. The zero-order chi connectivity index (χ0) is 27.1. The average molecular weight is 574 g/mol. The highest BCUT2D eigenvalue weighted by atomic mass is 35.5. The first-order valence-corrected chi connectivity index (χ1v) is 14.0. The maximum Gasteiger partial charge on any atom is 0.261 e. The summed E-state index contributed by atoms with van der Waals surface area (Å²) in [5.74, 6) is 0.159. The third-order valence-electron chi connectivity index (χ3n) is 5.61. The van der Waals surface area contributed by atoms with Crippen molar-refractivity contribution in [1.82, 2.24) is 10.3 Å². The Morgan fingerprint density at radius 3 is 2.47 bits per heavy atom. The largest absolute Gasteiger partial charge is 0.484 e. The number of aryl methyl sites for hydroxylation is 1. The van der Waals surface area contributed by atoms with Crippen LogP contribution >= 0.6 is 23.2 Å². The Labute approximate surface area is 231 Å². The average Bonchev–Trinajstić information content (AvgIpc) is 2.88. The Kier molecular flexibility index (Phi) is 8.93. The van der Waals surface area contributed by atoms with Gasteiger partial charge in [0.05, 0.1) is 10.4 Å².